The van der Waals surface area contributed by atoms with Crippen LogP contribution in [0.15, 0.2) is 0 Å². The number of rotatable bonds is 2. The average Bonchev–Trinajstić information content (AvgIpc) is 2.53. The zero-order valence-corrected chi connectivity index (χ0v) is 7.04. The van der Waals surface area contributed by atoms with Crippen LogP contribution in [0.5, 0.6) is 0 Å². The highest BCUT2D eigenvalue weighted by molar-refractivity contribution is 5.79. The Morgan fingerprint density at radius 1 is 1.73 bits per heavy atom. The first kappa shape index (κ1) is 8.49. The number of carbonyl (C=O) groups is 1. The van der Waals surface area contributed by atoms with E-state index in [0.29, 0.717) is 0 Å². The fourth-order valence-corrected chi connectivity index (χ4v) is 1.32. The quantitative estimate of drug-likeness (QED) is 0.511. The second-order valence-electron chi connectivity index (χ2n) is 2.79. The Kier molecular flexibility index (Phi) is 2.84. The van der Waals surface area contributed by atoms with Crippen LogP contribution in [-0.4, -0.2) is 37.7 Å². The third kappa shape index (κ3) is 1.91. The second-order valence-corrected chi connectivity index (χ2v) is 2.79. The molecule has 11 heavy (non-hydrogen) atoms. The van der Waals surface area contributed by atoms with Gasteiger partial charge in [-0.05, 0) is 0 Å². The first-order valence-corrected chi connectivity index (χ1v) is 3.90. The molecule has 1 atom stereocenters. The average molecular weight is 159 g/mol. The summed E-state index contributed by atoms with van der Waals surface area (Å²) in [7, 11) is 3.15. The number of nitrogens with zero attached hydrogens (tertiary/aromatic N) is 1. The van der Waals surface area contributed by atoms with Crippen LogP contribution in [0.2, 0.25) is 0 Å². The fourth-order valence-electron chi connectivity index (χ4n) is 1.32. The molecule has 0 radical (unpaired) electrons. The highest BCUT2D eigenvalue weighted by atomic mass is 16.7. The summed E-state index contributed by atoms with van der Waals surface area (Å²) in [5, 5.41) is 3.37. The maximum absolute atomic E-state index is 11.3. The minimum atomic E-state index is 0.0741. The van der Waals surface area contributed by atoms with Gasteiger partial charge in [0.25, 0.3) is 0 Å². The predicted octanol–water partition coefficient (Wildman–Crippen LogP) is -1.27. The second kappa shape index (κ2) is 3.69. The van der Waals surface area contributed by atoms with E-state index in [0.717, 1.165) is 19.4 Å². The molecular weight excluding hydrogens is 144 g/mol. The number of hydroxylamine groups is 2. The van der Waals surface area contributed by atoms with E-state index < -0.39 is 0 Å². The molecule has 0 bridgehead atoms. The summed E-state index contributed by atoms with van der Waals surface area (Å²) < 4.78 is 0. The Hall–Kier alpha value is -0.610. The molecule has 0 aromatic carbocycles. The van der Waals surface area contributed by atoms with Crippen molar-refractivity contribution in [3.8, 4) is 0 Å². The van der Waals surface area contributed by atoms with Gasteiger partial charge in [-0.25, -0.2) is 5.06 Å². The van der Waals surface area contributed by atoms with Gasteiger partial charge in [-0.2, -0.15) is 0 Å². The lowest BCUT2D eigenvalue weighted by Crippen LogP contribution is -2.89. The molecule has 64 valence electrons. The van der Waals surface area contributed by atoms with E-state index in [4.69, 9.17) is 4.84 Å². The van der Waals surface area contributed by atoms with Gasteiger partial charge in [-0.15, -0.1) is 0 Å². The van der Waals surface area contributed by atoms with Gasteiger partial charge in [0, 0.05) is 19.9 Å². The largest absolute Gasteiger partial charge is 0.336 e. The van der Waals surface area contributed by atoms with Crippen LogP contribution in [0.3, 0.4) is 0 Å². The van der Waals surface area contributed by atoms with Crippen LogP contribution >= 0.6 is 0 Å². The Morgan fingerprint density at radius 3 is 2.91 bits per heavy atom. The minimum Gasteiger partial charge on any atom is -0.336 e. The summed E-state index contributed by atoms with van der Waals surface area (Å²) in [5.41, 5.74) is 0. The van der Waals surface area contributed by atoms with Crippen molar-refractivity contribution in [3.63, 3.8) is 0 Å². The van der Waals surface area contributed by atoms with E-state index in [1.165, 1.54) is 12.2 Å². The van der Waals surface area contributed by atoms with Gasteiger partial charge in [0.2, 0.25) is 0 Å². The molecular formula is C7H15N2O2+. The maximum Gasteiger partial charge on any atom is 0.303 e. The molecule has 0 spiro atoms. The summed E-state index contributed by atoms with van der Waals surface area (Å²) in [5.74, 6) is 0.0741. The van der Waals surface area contributed by atoms with Crippen molar-refractivity contribution in [2.45, 2.75) is 18.9 Å². The van der Waals surface area contributed by atoms with E-state index in [9.17, 15) is 4.79 Å². The zero-order chi connectivity index (χ0) is 8.27. The van der Waals surface area contributed by atoms with Crippen molar-refractivity contribution in [3.05, 3.63) is 0 Å². The third-order valence-electron chi connectivity index (χ3n) is 2.07. The summed E-state index contributed by atoms with van der Waals surface area (Å²) >= 11 is 0. The number of carbonyl (C=O) groups excluding carboxylic acids is 1. The zero-order valence-electron chi connectivity index (χ0n) is 7.04. The highest BCUT2D eigenvalue weighted by Crippen LogP contribution is 2.00. The third-order valence-corrected chi connectivity index (χ3v) is 2.07. The van der Waals surface area contributed by atoms with Gasteiger partial charge in [0.05, 0.1) is 13.7 Å². The maximum atomic E-state index is 11.3. The van der Waals surface area contributed by atoms with E-state index in [-0.39, 0.29) is 11.9 Å². The number of quaternary nitrogens is 1. The normalized spacial score (nSPS) is 23.6. The molecule has 2 N–H and O–H groups in total. The molecule has 4 nitrogen and oxygen atoms in total. The Morgan fingerprint density at radius 2 is 2.45 bits per heavy atom. The topological polar surface area (TPSA) is 46.1 Å². The predicted molar refractivity (Wildman–Crippen MR) is 39.6 cm³/mol. The summed E-state index contributed by atoms with van der Waals surface area (Å²) in [4.78, 5) is 16.1. The van der Waals surface area contributed by atoms with Crippen LogP contribution < -0.4 is 5.32 Å². The molecule has 0 aromatic heterocycles. The van der Waals surface area contributed by atoms with Gasteiger partial charge in [-0.3, -0.25) is 9.63 Å². The minimum absolute atomic E-state index is 0.0741. The Bertz CT molecular complexity index is 143. The molecule has 0 saturated carbocycles. The summed E-state index contributed by atoms with van der Waals surface area (Å²) in [6.45, 7) is 1.06. The monoisotopic (exact) mass is 159 g/mol. The van der Waals surface area contributed by atoms with Crippen LogP contribution in [0, 0.1) is 0 Å². The molecule has 0 unspecified atom stereocenters. The molecule has 1 amide bonds. The van der Waals surface area contributed by atoms with Crippen LogP contribution in [0.1, 0.15) is 12.8 Å². The number of likely N-dealkylation sites (N-methyl/N-ethyl adjacent to an activating group) is 1. The number of hydrogen-bond donors (Lipinski definition) is 1. The molecule has 1 aliphatic rings. The van der Waals surface area contributed by atoms with Crippen molar-refractivity contribution in [2.24, 2.45) is 0 Å². The summed E-state index contributed by atoms with van der Waals surface area (Å²) in [6, 6.07) is 0.0972. The smallest absolute Gasteiger partial charge is 0.303 e. The van der Waals surface area contributed by atoms with Gasteiger partial charge in [-0.1, -0.05) is 0 Å². The van der Waals surface area contributed by atoms with E-state index >= 15 is 0 Å². The van der Waals surface area contributed by atoms with Crippen molar-refractivity contribution >= 4 is 5.91 Å². The van der Waals surface area contributed by atoms with Crippen LogP contribution in [0.25, 0.3) is 0 Å². The van der Waals surface area contributed by atoms with Crippen molar-refractivity contribution in [1.29, 1.82) is 0 Å². The molecule has 0 aliphatic carbocycles. The lowest BCUT2D eigenvalue weighted by Gasteiger charge is -2.15. The van der Waals surface area contributed by atoms with Crippen molar-refractivity contribution in [2.75, 3.05) is 20.7 Å². The number of amides is 1. The molecule has 4 heteroatoms. The van der Waals surface area contributed by atoms with Gasteiger partial charge < -0.3 is 5.32 Å². The highest BCUT2D eigenvalue weighted by Gasteiger charge is 2.28. The van der Waals surface area contributed by atoms with Crippen molar-refractivity contribution < 1.29 is 14.9 Å². The van der Waals surface area contributed by atoms with E-state index in [2.05, 4.69) is 5.32 Å². The molecule has 0 aromatic rings. The molecule has 1 heterocycles. The SMILES string of the molecule is CON(C)C(=O)[C@@H]1CCC[NH2+]1. The first-order chi connectivity index (χ1) is 5.25. The van der Waals surface area contributed by atoms with E-state index in [1.807, 2.05) is 0 Å². The van der Waals surface area contributed by atoms with Gasteiger partial charge in [0.15, 0.2) is 6.04 Å². The van der Waals surface area contributed by atoms with E-state index in [1.54, 1.807) is 7.05 Å². The molecule has 1 aliphatic heterocycles. The van der Waals surface area contributed by atoms with Gasteiger partial charge >= 0.3 is 5.91 Å². The molecule has 1 fully saturated rings. The lowest BCUT2D eigenvalue weighted by molar-refractivity contribution is -0.658. The van der Waals surface area contributed by atoms with Crippen LogP contribution in [-0.2, 0) is 9.63 Å². The first-order valence-electron chi connectivity index (χ1n) is 3.90. The number of nitrogens with two attached hydrogens (primary N) is 1. The van der Waals surface area contributed by atoms with Crippen LogP contribution in [0.4, 0.5) is 0 Å². The Balaban J connectivity index is 2.39. The number of hydrogen-bond acceptors (Lipinski definition) is 2. The fraction of sp³-hybridized carbons (Fsp3) is 0.857. The lowest BCUT2D eigenvalue weighted by atomic mass is 10.2. The summed E-state index contributed by atoms with van der Waals surface area (Å²) in [6.07, 6.45) is 2.11. The molecule has 1 saturated heterocycles. The standard InChI is InChI=1S/C7H14N2O2/c1-9(11-2)7(10)6-4-3-5-8-6/h6,8H,3-5H2,1-2H3/p+1/t6-/m0/s1. The van der Waals surface area contributed by atoms with Crippen molar-refractivity contribution in [1.82, 2.24) is 5.06 Å². The van der Waals surface area contributed by atoms with Gasteiger partial charge in [0.1, 0.15) is 0 Å². The Labute approximate surface area is 66.5 Å². The molecule has 1 rings (SSSR count).